The molecule has 230 valence electrons. The number of anilines is 2. The Balaban J connectivity index is 1.33. The second-order valence-corrected chi connectivity index (χ2v) is 12.7. The predicted molar refractivity (Wildman–Crippen MR) is 177 cm³/mol. The Bertz CT molecular complexity index is 2000. The van der Waals surface area contributed by atoms with E-state index in [0.717, 1.165) is 34.1 Å². The van der Waals surface area contributed by atoms with Crippen LogP contribution in [0.4, 0.5) is 15.8 Å². The number of fused-ring (bicyclic) bond motifs is 2. The molecule has 0 radical (unpaired) electrons. The van der Waals surface area contributed by atoms with Gasteiger partial charge in [-0.2, -0.15) is 5.10 Å². The zero-order valence-corrected chi connectivity index (χ0v) is 26.0. The van der Waals surface area contributed by atoms with Gasteiger partial charge in [-0.3, -0.25) is 14.9 Å². The SMILES string of the molecule is CN(C)CCNc1cc(F)cc(-c2ccnc3nc(-c4n[nH]c5ccc(-c6cncc(NC(=O)CC(C)(C)C)c6)cc45)[nH]c23)c1. The van der Waals surface area contributed by atoms with Crippen LogP contribution in [0.5, 0.6) is 0 Å². The molecule has 10 nitrogen and oxygen atoms in total. The molecule has 45 heavy (non-hydrogen) atoms. The van der Waals surface area contributed by atoms with Crippen molar-refractivity contribution >= 4 is 39.3 Å². The lowest BCUT2D eigenvalue weighted by molar-refractivity contribution is -0.117. The van der Waals surface area contributed by atoms with Gasteiger partial charge in [0.25, 0.3) is 0 Å². The van der Waals surface area contributed by atoms with Gasteiger partial charge in [-0.05, 0) is 73.1 Å². The number of aromatic nitrogens is 6. The van der Waals surface area contributed by atoms with E-state index in [1.54, 1.807) is 18.6 Å². The van der Waals surface area contributed by atoms with Crippen molar-refractivity contribution in [3.8, 4) is 33.8 Å². The van der Waals surface area contributed by atoms with Gasteiger partial charge in [0, 0.05) is 54.1 Å². The number of nitrogens with one attached hydrogen (secondary N) is 4. The highest BCUT2D eigenvalue weighted by Gasteiger charge is 2.18. The van der Waals surface area contributed by atoms with Gasteiger partial charge >= 0.3 is 0 Å². The molecule has 0 spiro atoms. The monoisotopic (exact) mass is 605 g/mol. The molecule has 4 heterocycles. The summed E-state index contributed by atoms with van der Waals surface area (Å²) in [6, 6.07) is 14.6. The van der Waals surface area contributed by atoms with E-state index in [2.05, 4.69) is 40.7 Å². The zero-order chi connectivity index (χ0) is 31.7. The number of halogens is 1. The van der Waals surface area contributed by atoms with Crippen molar-refractivity contribution in [3.05, 3.63) is 72.9 Å². The topological polar surface area (TPSA) is 128 Å². The molecular weight excluding hydrogens is 569 g/mol. The van der Waals surface area contributed by atoms with Gasteiger partial charge < -0.3 is 20.5 Å². The maximum absolute atomic E-state index is 14.7. The highest BCUT2D eigenvalue weighted by Crippen LogP contribution is 2.34. The predicted octanol–water partition coefficient (Wildman–Crippen LogP) is 6.72. The van der Waals surface area contributed by atoms with Crippen molar-refractivity contribution in [1.29, 1.82) is 0 Å². The molecule has 6 rings (SSSR count). The number of amides is 1. The van der Waals surface area contributed by atoms with Crippen molar-refractivity contribution in [2.75, 3.05) is 37.8 Å². The molecule has 2 aromatic carbocycles. The third-order valence-electron chi connectivity index (χ3n) is 7.32. The molecule has 11 heteroatoms. The number of carbonyl (C=O) groups excluding carboxylic acids is 1. The first-order valence-electron chi connectivity index (χ1n) is 14.8. The van der Waals surface area contributed by atoms with Crippen LogP contribution in [-0.4, -0.2) is 68.1 Å². The van der Waals surface area contributed by atoms with Gasteiger partial charge in [-0.15, -0.1) is 0 Å². The Morgan fingerprint density at radius 1 is 0.978 bits per heavy atom. The Kier molecular flexibility index (Phi) is 8.03. The number of nitrogens with zero attached hydrogens (tertiary/aromatic N) is 5. The third kappa shape index (κ3) is 6.83. The summed E-state index contributed by atoms with van der Waals surface area (Å²) in [7, 11) is 3.99. The lowest BCUT2D eigenvalue weighted by Crippen LogP contribution is -2.20. The average molecular weight is 606 g/mol. The van der Waals surface area contributed by atoms with E-state index >= 15 is 0 Å². The number of H-pyrrole nitrogens is 2. The van der Waals surface area contributed by atoms with Gasteiger partial charge in [-0.25, -0.2) is 14.4 Å². The second-order valence-electron chi connectivity index (χ2n) is 12.7. The number of hydrogen-bond donors (Lipinski definition) is 4. The van der Waals surface area contributed by atoms with E-state index in [1.165, 1.54) is 12.1 Å². The van der Waals surface area contributed by atoms with Crippen LogP contribution in [0.15, 0.2) is 67.1 Å². The molecule has 0 aliphatic carbocycles. The molecule has 0 saturated carbocycles. The molecular formula is C34H36FN9O. The second kappa shape index (κ2) is 12.1. The molecule has 6 aromatic rings. The molecule has 0 saturated heterocycles. The van der Waals surface area contributed by atoms with Crippen LogP contribution >= 0.6 is 0 Å². The van der Waals surface area contributed by atoms with Crippen LogP contribution in [0.2, 0.25) is 0 Å². The minimum Gasteiger partial charge on any atom is -0.384 e. The summed E-state index contributed by atoms with van der Waals surface area (Å²) >= 11 is 0. The van der Waals surface area contributed by atoms with Gasteiger partial charge in [0.2, 0.25) is 5.91 Å². The van der Waals surface area contributed by atoms with E-state index in [0.29, 0.717) is 52.6 Å². The summed E-state index contributed by atoms with van der Waals surface area (Å²) in [5.41, 5.74) is 7.14. The van der Waals surface area contributed by atoms with E-state index in [4.69, 9.17) is 4.98 Å². The number of hydrogen-bond acceptors (Lipinski definition) is 7. The Morgan fingerprint density at radius 3 is 2.60 bits per heavy atom. The Morgan fingerprint density at radius 2 is 1.80 bits per heavy atom. The van der Waals surface area contributed by atoms with Crippen molar-refractivity contribution < 1.29 is 9.18 Å². The fourth-order valence-corrected chi connectivity index (χ4v) is 5.26. The maximum Gasteiger partial charge on any atom is 0.224 e. The molecule has 4 aromatic heterocycles. The number of rotatable bonds is 9. The fourth-order valence-electron chi connectivity index (χ4n) is 5.26. The third-order valence-corrected chi connectivity index (χ3v) is 7.32. The molecule has 1 amide bonds. The smallest absolute Gasteiger partial charge is 0.224 e. The van der Waals surface area contributed by atoms with E-state index in [1.807, 2.05) is 71.3 Å². The van der Waals surface area contributed by atoms with Crippen LogP contribution in [0.3, 0.4) is 0 Å². The number of imidazole rings is 1. The Labute approximate surface area is 260 Å². The first-order chi connectivity index (χ1) is 21.5. The van der Waals surface area contributed by atoms with E-state index < -0.39 is 0 Å². The number of benzene rings is 2. The van der Waals surface area contributed by atoms with E-state index in [-0.39, 0.29) is 17.1 Å². The largest absolute Gasteiger partial charge is 0.384 e. The normalized spacial score (nSPS) is 11.9. The van der Waals surface area contributed by atoms with Crippen LogP contribution in [0.1, 0.15) is 27.2 Å². The lowest BCUT2D eigenvalue weighted by Gasteiger charge is -2.17. The zero-order valence-electron chi connectivity index (χ0n) is 26.0. The first-order valence-corrected chi connectivity index (χ1v) is 14.8. The number of carbonyl (C=O) groups is 1. The van der Waals surface area contributed by atoms with Crippen LogP contribution in [-0.2, 0) is 4.79 Å². The Hall–Kier alpha value is -5.16. The standard InChI is InChI=1S/C34H36FN9O/c1-34(2,3)17-29(45)39-25-14-22(18-36-19-25)20-6-7-28-27(15-20)31(43-42-28)33-40-30-26(8-9-38-32(30)41-33)21-12-23(35)16-24(13-21)37-10-11-44(4)5/h6-9,12-16,18-19,37H,10-11,17H2,1-5H3,(H,39,45)(H,42,43)(H,38,40,41). The fraction of sp³-hybridized carbons (Fsp3) is 0.265. The van der Waals surface area contributed by atoms with Crippen molar-refractivity contribution in [2.24, 2.45) is 5.41 Å². The van der Waals surface area contributed by atoms with Crippen LogP contribution in [0.25, 0.3) is 55.8 Å². The van der Waals surface area contributed by atoms with Gasteiger partial charge in [-0.1, -0.05) is 26.8 Å². The van der Waals surface area contributed by atoms with Gasteiger partial charge in [0.05, 0.1) is 22.9 Å². The number of aromatic amines is 2. The van der Waals surface area contributed by atoms with Crippen molar-refractivity contribution in [3.63, 3.8) is 0 Å². The molecule has 0 aliphatic rings. The molecule has 0 unspecified atom stereocenters. The molecule has 0 atom stereocenters. The summed E-state index contributed by atoms with van der Waals surface area (Å²) in [6.45, 7) is 7.60. The van der Waals surface area contributed by atoms with Crippen LogP contribution in [0, 0.1) is 11.2 Å². The van der Waals surface area contributed by atoms with Gasteiger partial charge in [0.1, 0.15) is 11.5 Å². The summed E-state index contributed by atoms with van der Waals surface area (Å²) < 4.78 is 14.7. The maximum atomic E-state index is 14.7. The number of likely N-dealkylation sites (N-methyl/N-ethyl adjacent to an activating group) is 1. The average Bonchev–Trinajstić information content (AvgIpc) is 3.59. The summed E-state index contributed by atoms with van der Waals surface area (Å²) in [6.07, 6.45) is 5.49. The van der Waals surface area contributed by atoms with E-state index in [9.17, 15) is 9.18 Å². The minimum atomic E-state index is -0.331. The summed E-state index contributed by atoms with van der Waals surface area (Å²) in [5.74, 6) is 0.153. The molecule has 4 N–H and O–H groups in total. The summed E-state index contributed by atoms with van der Waals surface area (Å²) in [5, 5.41) is 14.8. The highest BCUT2D eigenvalue weighted by molar-refractivity contribution is 5.98. The number of pyridine rings is 2. The quantitative estimate of drug-likeness (QED) is 0.144. The minimum absolute atomic E-state index is 0.0538. The molecule has 0 aliphatic heterocycles. The lowest BCUT2D eigenvalue weighted by atomic mass is 9.92. The van der Waals surface area contributed by atoms with Crippen molar-refractivity contribution in [1.82, 2.24) is 35.0 Å². The highest BCUT2D eigenvalue weighted by atomic mass is 19.1. The molecule has 0 bridgehead atoms. The molecule has 0 fully saturated rings. The van der Waals surface area contributed by atoms with Crippen molar-refractivity contribution in [2.45, 2.75) is 27.2 Å². The first kappa shape index (κ1) is 29.9. The van der Waals surface area contributed by atoms with Crippen LogP contribution < -0.4 is 10.6 Å². The van der Waals surface area contributed by atoms with Gasteiger partial charge in [0.15, 0.2) is 11.5 Å². The summed E-state index contributed by atoms with van der Waals surface area (Å²) in [4.78, 5) is 31.6.